The fraction of sp³-hybridized carbons (Fsp3) is 0.667. The van der Waals surface area contributed by atoms with Crippen molar-refractivity contribution < 1.29 is 19.0 Å². The maximum Gasteiger partial charge on any atom is 0.381 e. The number of ether oxygens (including phenoxy) is 3. The van der Waals surface area contributed by atoms with Gasteiger partial charge in [0.25, 0.3) is 0 Å². The van der Waals surface area contributed by atoms with Crippen molar-refractivity contribution >= 4 is 5.97 Å². The van der Waals surface area contributed by atoms with E-state index in [4.69, 9.17) is 20.6 Å². The SMILES string of the molecule is C#CC(OC)(OC)C(=O)OC(C)C. The van der Waals surface area contributed by atoms with Gasteiger partial charge in [0.1, 0.15) is 0 Å². The van der Waals surface area contributed by atoms with Crippen LogP contribution >= 0.6 is 0 Å². The molecule has 0 radical (unpaired) electrons. The second-order valence-electron chi connectivity index (χ2n) is 2.62. The predicted molar refractivity (Wildman–Crippen MR) is 46.8 cm³/mol. The summed E-state index contributed by atoms with van der Waals surface area (Å²) in [5.41, 5.74) is 0. The van der Waals surface area contributed by atoms with Gasteiger partial charge in [-0.3, -0.25) is 0 Å². The van der Waals surface area contributed by atoms with Crippen LogP contribution in [0.2, 0.25) is 0 Å². The Morgan fingerprint density at radius 1 is 1.38 bits per heavy atom. The molecule has 0 heterocycles. The van der Waals surface area contributed by atoms with Crippen molar-refractivity contribution in [2.75, 3.05) is 14.2 Å². The van der Waals surface area contributed by atoms with E-state index < -0.39 is 11.8 Å². The van der Waals surface area contributed by atoms with Crippen LogP contribution in [0, 0.1) is 12.3 Å². The van der Waals surface area contributed by atoms with Crippen LogP contribution in [0.25, 0.3) is 0 Å². The molecule has 0 aliphatic rings. The summed E-state index contributed by atoms with van der Waals surface area (Å²) in [6, 6.07) is 0. The van der Waals surface area contributed by atoms with Crippen LogP contribution in [0.5, 0.6) is 0 Å². The van der Waals surface area contributed by atoms with Crippen LogP contribution in [0.4, 0.5) is 0 Å². The molecule has 13 heavy (non-hydrogen) atoms. The zero-order chi connectivity index (χ0) is 10.5. The van der Waals surface area contributed by atoms with Crippen LogP contribution in [-0.4, -0.2) is 32.1 Å². The molecule has 0 fully saturated rings. The minimum atomic E-state index is -1.72. The fourth-order valence-electron chi connectivity index (χ4n) is 0.718. The quantitative estimate of drug-likeness (QED) is 0.365. The van der Waals surface area contributed by atoms with Gasteiger partial charge in [-0.05, 0) is 19.8 Å². The number of carbonyl (C=O) groups excluding carboxylic acids is 1. The zero-order valence-corrected chi connectivity index (χ0v) is 8.29. The summed E-state index contributed by atoms with van der Waals surface area (Å²) in [6.45, 7) is 3.43. The van der Waals surface area contributed by atoms with Gasteiger partial charge in [0.2, 0.25) is 0 Å². The first kappa shape index (κ1) is 11.9. The molecule has 0 bridgehead atoms. The molecule has 0 amide bonds. The Hall–Kier alpha value is -1.05. The highest BCUT2D eigenvalue weighted by molar-refractivity contribution is 5.81. The smallest absolute Gasteiger partial charge is 0.381 e. The maximum atomic E-state index is 11.4. The van der Waals surface area contributed by atoms with Crippen molar-refractivity contribution in [3.8, 4) is 12.3 Å². The summed E-state index contributed by atoms with van der Waals surface area (Å²) in [7, 11) is 2.57. The topological polar surface area (TPSA) is 44.8 Å². The first-order valence-corrected chi connectivity index (χ1v) is 3.81. The Morgan fingerprint density at radius 3 is 2.08 bits per heavy atom. The van der Waals surface area contributed by atoms with Crippen molar-refractivity contribution in [2.24, 2.45) is 0 Å². The van der Waals surface area contributed by atoms with Crippen molar-refractivity contribution in [1.29, 1.82) is 0 Å². The number of rotatable bonds is 4. The highest BCUT2D eigenvalue weighted by atomic mass is 16.7. The molecule has 74 valence electrons. The van der Waals surface area contributed by atoms with Gasteiger partial charge in [-0.15, -0.1) is 6.42 Å². The van der Waals surface area contributed by atoms with Crippen LogP contribution in [-0.2, 0) is 19.0 Å². The summed E-state index contributed by atoms with van der Waals surface area (Å²) in [4.78, 5) is 11.4. The molecule has 0 spiro atoms. The number of hydrogen-bond acceptors (Lipinski definition) is 4. The van der Waals surface area contributed by atoms with E-state index in [0.717, 1.165) is 0 Å². The highest BCUT2D eigenvalue weighted by Gasteiger charge is 2.39. The summed E-state index contributed by atoms with van der Waals surface area (Å²) < 4.78 is 14.4. The van der Waals surface area contributed by atoms with Gasteiger partial charge < -0.3 is 14.2 Å². The first-order valence-electron chi connectivity index (χ1n) is 3.81. The molecule has 0 unspecified atom stereocenters. The lowest BCUT2D eigenvalue weighted by Crippen LogP contribution is -2.43. The molecule has 4 nitrogen and oxygen atoms in total. The lowest BCUT2D eigenvalue weighted by molar-refractivity contribution is -0.210. The summed E-state index contributed by atoms with van der Waals surface area (Å²) >= 11 is 0. The minimum Gasteiger partial charge on any atom is -0.458 e. The molecule has 0 saturated carbocycles. The number of methoxy groups -OCH3 is 2. The van der Waals surface area contributed by atoms with Crippen LogP contribution in [0.15, 0.2) is 0 Å². The van der Waals surface area contributed by atoms with E-state index in [1.165, 1.54) is 14.2 Å². The molecule has 0 N–H and O–H groups in total. The van der Waals surface area contributed by atoms with Crippen molar-refractivity contribution in [2.45, 2.75) is 25.7 Å². The van der Waals surface area contributed by atoms with E-state index in [2.05, 4.69) is 5.92 Å². The van der Waals surface area contributed by atoms with Crippen LogP contribution in [0.1, 0.15) is 13.8 Å². The molecular formula is C9H14O4. The van der Waals surface area contributed by atoms with E-state index in [0.29, 0.717) is 0 Å². The Kier molecular flexibility index (Phi) is 4.46. The standard InChI is InChI=1S/C9H14O4/c1-6-9(11-4,12-5)8(10)13-7(2)3/h1,7H,2-5H3. The van der Waals surface area contributed by atoms with E-state index in [9.17, 15) is 4.79 Å². The first-order chi connectivity index (χ1) is 6.02. The van der Waals surface area contributed by atoms with E-state index in [1.54, 1.807) is 13.8 Å². The molecular weight excluding hydrogens is 172 g/mol. The third-order valence-corrected chi connectivity index (χ3v) is 1.38. The lowest BCUT2D eigenvalue weighted by atomic mass is 10.3. The number of terminal acetylenes is 1. The van der Waals surface area contributed by atoms with Crippen LogP contribution in [0.3, 0.4) is 0 Å². The molecule has 0 saturated heterocycles. The summed E-state index contributed by atoms with van der Waals surface area (Å²) in [5, 5.41) is 0. The van der Waals surface area contributed by atoms with Gasteiger partial charge in [-0.1, -0.05) is 0 Å². The minimum absolute atomic E-state index is 0.259. The Balaban J connectivity index is 4.57. The Morgan fingerprint density at radius 2 is 1.85 bits per heavy atom. The number of esters is 1. The van der Waals surface area contributed by atoms with Crippen molar-refractivity contribution in [1.82, 2.24) is 0 Å². The van der Waals surface area contributed by atoms with Crippen LogP contribution < -0.4 is 0 Å². The Labute approximate surface area is 78.2 Å². The van der Waals surface area contributed by atoms with Crippen molar-refractivity contribution in [3.05, 3.63) is 0 Å². The third-order valence-electron chi connectivity index (χ3n) is 1.38. The largest absolute Gasteiger partial charge is 0.458 e. The van der Waals surface area contributed by atoms with E-state index in [1.807, 2.05) is 0 Å². The van der Waals surface area contributed by atoms with Gasteiger partial charge in [0.05, 0.1) is 6.10 Å². The van der Waals surface area contributed by atoms with Crippen molar-refractivity contribution in [3.63, 3.8) is 0 Å². The normalized spacial score (nSPS) is 11.1. The van der Waals surface area contributed by atoms with E-state index in [-0.39, 0.29) is 6.10 Å². The summed E-state index contributed by atoms with van der Waals surface area (Å²) in [5.74, 6) is -0.330. The second-order valence-corrected chi connectivity index (χ2v) is 2.62. The van der Waals surface area contributed by atoms with E-state index >= 15 is 0 Å². The molecule has 0 atom stereocenters. The molecule has 0 aromatic carbocycles. The van der Waals surface area contributed by atoms with Gasteiger partial charge in [0, 0.05) is 14.2 Å². The molecule has 0 aromatic heterocycles. The van der Waals surface area contributed by atoms with Gasteiger partial charge in [-0.25, -0.2) is 4.79 Å². The highest BCUT2D eigenvalue weighted by Crippen LogP contribution is 2.13. The Bertz CT molecular complexity index is 210. The molecule has 0 aliphatic heterocycles. The third kappa shape index (κ3) is 2.72. The molecule has 0 aliphatic carbocycles. The fourth-order valence-corrected chi connectivity index (χ4v) is 0.718. The monoisotopic (exact) mass is 186 g/mol. The second kappa shape index (κ2) is 4.85. The average molecular weight is 186 g/mol. The van der Waals surface area contributed by atoms with Gasteiger partial charge in [-0.2, -0.15) is 0 Å². The molecule has 0 aromatic rings. The number of carbonyl (C=O) groups is 1. The maximum absolute atomic E-state index is 11.4. The zero-order valence-electron chi connectivity index (χ0n) is 8.29. The molecule has 4 heteroatoms. The average Bonchev–Trinajstić information content (AvgIpc) is 2.07. The molecule has 0 rings (SSSR count). The number of hydrogen-bond donors (Lipinski definition) is 0. The lowest BCUT2D eigenvalue weighted by Gasteiger charge is -2.23. The predicted octanol–water partition coefficient (Wildman–Crippen LogP) is 0.560. The summed E-state index contributed by atoms with van der Waals surface area (Å²) in [6.07, 6.45) is 4.85. The van der Waals surface area contributed by atoms with Gasteiger partial charge >= 0.3 is 11.8 Å². The van der Waals surface area contributed by atoms with Gasteiger partial charge in [0.15, 0.2) is 0 Å².